The van der Waals surface area contributed by atoms with Crippen LogP contribution in [-0.4, -0.2) is 0 Å². The number of fused-ring (bicyclic) bond motifs is 6. The van der Waals surface area contributed by atoms with Crippen molar-refractivity contribution in [3.8, 4) is 0 Å². The highest BCUT2D eigenvalue weighted by atomic mass is 79.9. The topological polar surface area (TPSA) is 0 Å². The first-order valence-electron chi connectivity index (χ1n) is 6.42. The van der Waals surface area contributed by atoms with E-state index in [1.807, 2.05) is 17.8 Å². The third-order valence-electron chi connectivity index (χ3n) is 3.26. The first kappa shape index (κ1) is 14.5. The minimum atomic E-state index is -0.0812. The maximum atomic E-state index is 14.1. The Balaban J connectivity index is 1.92. The molecule has 0 saturated carbocycles. The fraction of sp³-hybridized carbons (Fsp3) is 0.250. The van der Waals surface area contributed by atoms with Crippen molar-refractivity contribution in [3.63, 3.8) is 0 Å². The Morgan fingerprint density at radius 1 is 0.850 bits per heavy atom. The van der Waals surface area contributed by atoms with Crippen LogP contribution in [0.1, 0.15) is 22.3 Å². The summed E-state index contributed by atoms with van der Waals surface area (Å²) in [7, 11) is 0. The number of benzene rings is 2. The second-order valence-electron chi connectivity index (χ2n) is 4.84. The second kappa shape index (κ2) is 6.54. The van der Waals surface area contributed by atoms with E-state index in [9.17, 15) is 4.39 Å². The number of hydrogen-bond acceptors (Lipinski definition) is 2. The highest BCUT2D eigenvalue weighted by molar-refractivity contribution is 9.10. The van der Waals surface area contributed by atoms with Crippen LogP contribution in [0.5, 0.6) is 0 Å². The predicted molar refractivity (Wildman–Crippen MR) is 90.5 cm³/mol. The maximum absolute atomic E-state index is 14.1. The van der Waals surface area contributed by atoms with Crippen molar-refractivity contribution in [1.82, 2.24) is 0 Å². The molecule has 0 nitrogen and oxygen atoms in total. The summed E-state index contributed by atoms with van der Waals surface area (Å²) in [5.41, 5.74) is 4.49. The molecule has 0 N–H and O–H groups in total. The van der Waals surface area contributed by atoms with Crippen molar-refractivity contribution in [2.75, 3.05) is 0 Å². The van der Waals surface area contributed by atoms with Crippen LogP contribution in [0.4, 0.5) is 4.39 Å². The zero-order valence-corrected chi connectivity index (χ0v) is 14.1. The molecule has 0 aromatic heterocycles. The van der Waals surface area contributed by atoms with Gasteiger partial charge >= 0.3 is 0 Å². The fourth-order valence-electron chi connectivity index (χ4n) is 2.22. The SMILES string of the molecule is Fc1cc2c(Br)cc1CSCc1cccc(c1)CSC2. The molecule has 0 aliphatic carbocycles. The van der Waals surface area contributed by atoms with Crippen LogP contribution in [0.25, 0.3) is 0 Å². The van der Waals surface area contributed by atoms with Gasteiger partial charge in [0.05, 0.1) is 0 Å². The molecule has 0 amide bonds. The highest BCUT2D eigenvalue weighted by Gasteiger charge is 2.10. The monoisotopic (exact) mass is 368 g/mol. The number of halogens is 2. The Kier molecular flexibility index (Phi) is 4.74. The molecule has 0 radical (unpaired) electrons. The number of hydrogen-bond donors (Lipinski definition) is 0. The summed E-state index contributed by atoms with van der Waals surface area (Å²) in [5.74, 6) is 3.35. The van der Waals surface area contributed by atoms with Gasteiger partial charge in [-0.15, -0.1) is 0 Å². The molecule has 2 aromatic rings. The van der Waals surface area contributed by atoms with Gasteiger partial charge in [-0.25, -0.2) is 4.39 Å². The summed E-state index contributed by atoms with van der Waals surface area (Å²) in [6, 6.07) is 12.3. The third kappa shape index (κ3) is 3.41. The van der Waals surface area contributed by atoms with Crippen LogP contribution < -0.4 is 0 Å². The summed E-state index contributed by atoms with van der Waals surface area (Å²) in [6.07, 6.45) is 0. The molecule has 0 spiro atoms. The van der Waals surface area contributed by atoms with Crippen LogP contribution >= 0.6 is 39.5 Å². The van der Waals surface area contributed by atoms with E-state index in [1.165, 1.54) is 11.1 Å². The lowest BCUT2D eigenvalue weighted by molar-refractivity contribution is 0.615. The van der Waals surface area contributed by atoms with Crippen molar-refractivity contribution in [2.24, 2.45) is 0 Å². The molecule has 0 atom stereocenters. The molecule has 2 aromatic carbocycles. The van der Waals surface area contributed by atoms with Crippen molar-refractivity contribution in [2.45, 2.75) is 23.0 Å². The first-order valence-corrected chi connectivity index (χ1v) is 9.53. The van der Waals surface area contributed by atoms with Gasteiger partial charge in [-0.3, -0.25) is 0 Å². The molecular weight excluding hydrogens is 355 g/mol. The van der Waals surface area contributed by atoms with Crippen molar-refractivity contribution in [3.05, 3.63) is 68.9 Å². The molecule has 104 valence electrons. The second-order valence-corrected chi connectivity index (χ2v) is 7.67. The lowest BCUT2D eigenvalue weighted by Gasteiger charge is -2.08. The van der Waals surface area contributed by atoms with Gasteiger partial charge in [-0.05, 0) is 34.4 Å². The molecule has 2 heterocycles. The van der Waals surface area contributed by atoms with Crippen molar-refractivity contribution < 1.29 is 4.39 Å². The summed E-state index contributed by atoms with van der Waals surface area (Å²) in [6.45, 7) is 0. The molecule has 4 rings (SSSR count). The van der Waals surface area contributed by atoms with Crippen molar-refractivity contribution in [1.29, 1.82) is 0 Å². The Labute approximate surface area is 135 Å². The zero-order valence-electron chi connectivity index (χ0n) is 10.9. The summed E-state index contributed by atoms with van der Waals surface area (Å²) >= 11 is 7.15. The summed E-state index contributed by atoms with van der Waals surface area (Å²) in [4.78, 5) is 0. The van der Waals surface area contributed by atoms with Gasteiger partial charge in [0.15, 0.2) is 0 Å². The van der Waals surface area contributed by atoms with Gasteiger partial charge < -0.3 is 0 Å². The van der Waals surface area contributed by atoms with Crippen LogP contribution in [-0.2, 0) is 23.0 Å². The van der Waals surface area contributed by atoms with Crippen LogP contribution in [0, 0.1) is 5.82 Å². The van der Waals surface area contributed by atoms with Gasteiger partial charge in [0, 0.05) is 27.5 Å². The van der Waals surface area contributed by atoms with Crippen molar-refractivity contribution >= 4 is 39.5 Å². The molecular formula is C16H14BrFS2. The van der Waals surface area contributed by atoms with E-state index in [0.717, 1.165) is 32.9 Å². The van der Waals surface area contributed by atoms with E-state index in [2.05, 4.69) is 40.2 Å². The van der Waals surface area contributed by atoms with Gasteiger partial charge in [0.2, 0.25) is 0 Å². The van der Waals surface area contributed by atoms with E-state index in [1.54, 1.807) is 17.8 Å². The first-order chi connectivity index (χ1) is 9.72. The molecule has 0 unspecified atom stereocenters. The number of rotatable bonds is 0. The molecule has 0 saturated heterocycles. The molecule has 4 bridgehead atoms. The largest absolute Gasteiger partial charge is 0.207 e. The average Bonchev–Trinajstić information content (AvgIpc) is 2.44. The Hall–Kier alpha value is -0.450. The molecule has 2 aliphatic heterocycles. The molecule has 2 aliphatic rings. The van der Waals surface area contributed by atoms with E-state index in [-0.39, 0.29) is 5.82 Å². The smallest absolute Gasteiger partial charge is 0.127 e. The zero-order chi connectivity index (χ0) is 13.9. The quantitative estimate of drug-likeness (QED) is 0.578. The maximum Gasteiger partial charge on any atom is 0.127 e. The van der Waals surface area contributed by atoms with Gasteiger partial charge in [-0.2, -0.15) is 23.5 Å². The molecule has 0 fully saturated rings. The summed E-state index contributed by atoms with van der Waals surface area (Å²) in [5, 5.41) is 0. The Morgan fingerprint density at radius 3 is 2.20 bits per heavy atom. The lowest BCUT2D eigenvalue weighted by Crippen LogP contribution is -1.93. The average molecular weight is 369 g/mol. The van der Waals surface area contributed by atoms with Crippen LogP contribution in [0.3, 0.4) is 0 Å². The minimum Gasteiger partial charge on any atom is -0.207 e. The van der Waals surface area contributed by atoms with Gasteiger partial charge in [-0.1, -0.05) is 40.2 Å². The van der Waals surface area contributed by atoms with Crippen LogP contribution in [0.15, 0.2) is 40.9 Å². The Bertz CT molecular complexity index is 577. The van der Waals surface area contributed by atoms with Crippen LogP contribution in [0.2, 0.25) is 0 Å². The summed E-state index contributed by atoms with van der Waals surface area (Å²) < 4.78 is 15.1. The minimum absolute atomic E-state index is 0.0812. The van der Waals surface area contributed by atoms with E-state index >= 15 is 0 Å². The fourth-order valence-corrected chi connectivity index (χ4v) is 4.87. The van der Waals surface area contributed by atoms with E-state index in [4.69, 9.17) is 0 Å². The number of thioether (sulfide) groups is 2. The Morgan fingerprint density at radius 2 is 1.50 bits per heavy atom. The van der Waals surface area contributed by atoms with E-state index < -0.39 is 0 Å². The predicted octanol–water partition coefficient (Wildman–Crippen LogP) is 5.77. The molecule has 4 heteroatoms. The molecule has 20 heavy (non-hydrogen) atoms. The third-order valence-corrected chi connectivity index (χ3v) is 6.10. The van der Waals surface area contributed by atoms with Gasteiger partial charge in [0.25, 0.3) is 0 Å². The standard InChI is InChI=1S/C16H14BrFS2/c17-15-5-14-10-20-8-12-3-1-2-11(4-12)7-19-9-13(15)6-16(14)18/h1-6H,7-10H2. The van der Waals surface area contributed by atoms with Gasteiger partial charge in [0.1, 0.15) is 5.82 Å². The highest BCUT2D eigenvalue weighted by Crippen LogP contribution is 2.30. The normalized spacial score (nSPS) is 15.3. The van der Waals surface area contributed by atoms with E-state index in [0.29, 0.717) is 5.75 Å². The lowest BCUT2D eigenvalue weighted by atomic mass is 10.1.